The van der Waals surface area contributed by atoms with Gasteiger partial charge in [0, 0.05) is 5.92 Å². The normalized spacial score (nSPS) is 12.4. The highest BCUT2D eigenvalue weighted by Gasteiger charge is 2.03. The monoisotopic (exact) mass is 192 g/mol. The summed E-state index contributed by atoms with van der Waals surface area (Å²) in [6, 6.07) is 9.97. The summed E-state index contributed by atoms with van der Waals surface area (Å²) in [7, 11) is 0. The fourth-order valence-corrected chi connectivity index (χ4v) is 1.16. The lowest BCUT2D eigenvalue weighted by Crippen LogP contribution is -2.09. The molecule has 2 heteroatoms. The summed E-state index contributed by atoms with van der Waals surface area (Å²) >= 11 is 0. The molecule has 0 saturated carbocycles. The predicted octanol–water partition coefficient (Wildman–Crippen LogP) is 2.43. The van der Waals surface area contributed by atoms with Crippen LogP contribution in [0.3, 0.4) is 0 Å². The first-order chi connectivity index (χ1) is 6.86. The van der Waals surface area contributed by atoms with Crippen LogP contribution in [-0.4, -0.2) is 12.9 Å². The van der Waals surface area contributed by atoms with Crippen molar-refractivity contribution in [3.63, 3.8) is 0 Å². The second-order valence-electron chi connectivity index (χ2n) is 3.31. The Morgan fingerprint density at radius 1 is 1.36 bits per heavy atom. The van der Waals surface area contributed by atoms with E-state index in [4.69, 9.17) is 4.74 Å². The van der Waals surface area contributed by atoms with Crippen molar-refractivity contribution in [3.05, 3.63) is 35.9 Å². The van der Waals surface area contributed by atoms with Gasteiger partial charge in [-0.15, -0.1) is 0 Å². The fourth-order valence-electron chi connectivity index (χ4n) is 1.16. The van der Waals surface area contributed by atoms with Gasteiger partial charge < -0.3 is 9.53 Å². The summed E-state index contributed by atoms with van der Waals surface area (Å²) in [4.78, 5) is 10.5. The van der Waals surface area contributed by atoms with Crippen molar-refractivity contribution in [3.8, 4) is 0 Å². The Morgan fingerprint density at radius 3 is 2.64 bits per heavy atom. The SMILES string of the molecule is CCC(C=O)COCc1ccccc1. The van der Waals surface area contributed by atoms with Gasteiger partial charge in [0.15, 0.2) is 0 Å². The van der Waals surface area contributed by atoms with E-state index in [2.05, 4.69) is 0 Å². The number of aldehydes is 1. The van der Waals surface area contributed by atoms with Gasteiger partial charge in [-0.1, -0.05) is 37.3 Å². The molecule has 0 amide bonds. The molecule has 0 aliphatic heterocycles. The molecule has 0 heterocycles. The second-order valence-corrected chi connectivity index (χ2v) is 3.31. The minimum atomic E-state index is 0.0405. The second kappa shape index (κ2) is 6.33. The smallest absolute Gasteiger partial charge is 0.125 e. The highest BCUT2D eigenvalue weighted by molar-refractivity contribution is 5.53. The van der Waals surface area contributed by atoms with Gasteiger partial charge in [0.1, 0.15) is 6.29 Å². The van der Waals surface area contributed by atoms with Crippen molar-refractivity contribution in [2.24, 2.45) is 5.92 Å². The van der Waals surface area contributed by atoms with E-state index in [9.17, 15) is 4.79 Å². The lowest BCUT2D eigenvalue weighted by Gasteiger charge is -2.08. The first-order valence-corrected chi connectivity index (χ1v) is 4.93. The van der Waals surface area contributed by atoms with E-state index < -0.39 is 0 Å². The highest BCUT2D eigenvalue weighted by Crippen LogP contribution is 2.04. The number of carbonyl (C=O) groups excluding carboxylic acids is 1. The van der Waals surface area contributed by atoms with Crippen LogP contribution in [-0.2, 0) is 16.1 Å². The number of ether oxygens (including phenoxy) is 1. The molecule has 2 nitrogen and oxygen atoms in total. The standard InChI is InChI=1S/C12H16O2/c1-2-11(8-13)9-14-10-12-6-4-3-5-7-12/h3-8,11H,2,9-10H2,1H3. The largest absolute Gasteiger partial charge is 0.376 e. The van der Waals surface area contributed by atoms with Gasteiger partial charge >= 0.3 is 0 Å². The topological polar surface area (TPSA) is 26.3 Å². The van der Waals surface area contributed by atoms with E-state index in [0.717, 1.165) is 18.3 Å². The predicted molar refractivity (Wildman–Crippen MR) is 55.9 cm³/mol. The molecule has 1 atom stereocenters. The molecule has 1 aromatic carbocycles. The van der Waals surface area contributed by atoms with Crippen LogP contribution in [0, 0.1) is 5.92 Å². The average Bonchev–Trinajstić information content (AvgIpc) is 2.26. The molecule has 14 heavy (non-hydrogen) atoms. The molecule has 1 aromatic rings. The molecule has 0 aliphatic carbocycles. The maximum absolute atomic E-state index is 10.5. The molecular formula is C12H16O2. The van der Waals surface area contributed by atoms with E-state index in [1.165, 1.54) is 0 Å². The average molecular weight is 192 g/mol. The maximum Gasteiger partial charge on any atom is 0.125 e. The van der Waals surface area contributed by atoms with Crippen LogP contribution in [0.1, 0.15) is 18.9 Å². The Balaban J connectivity index is 2.25. The molecule has 0 aliphatic rings. The molecule has 0 saturated heterocycles. The number of hydrogen-bond acceptors (Lipinski definition) is 2. The number of carbonyl (C=O) groups is 1. The van der Waals surface area contributed by atoms with E-state index in [0.29, 0.717) is 13.2 Å². The minimum absolute atomic E-state index is 0.0405. The molecule has 0 aromatic heterocycles. The summed E-state index contributed by atoms with van der Waals surface area (Å²) in [5, 5.41) is 0. The van der Waals surface area contributed by atoms with Crippen molar-refractivity contribution in [2.75, 3.05) is 6.61 Å². The Morgan fingerprint density at radius 2 is 2.07 bits per heavy atom. The first kappa shape index (κ1) is 10.9. The molecule has 0 spiro atoms. The van der Waals surface area contributed by atoms with Gasteiger partial charge in [-0.2, -0.15) is 0 Å². The zero-order chi connectivity index (χ0) is 10.2. The summed E-state index contributed by atoms with van der Waals surface area (Å²) < 4.78 is 5.43. The molecule has 0 fully saturated rings. The lowest BCUT2D eigenvalue weighted by molar-refractivity contribution is -0.113. The van der Waals surface area contributed by atoms with Gasteiger partial charge in [-0.05, 0) is 12.0 Å². The van der Waals surface area contributed by atoms with Crippen LogP contribution in [0.2, 0.25) is 0 Å². The van der Waals surface area contributed by atoms with Crippen molar-refractivity contribution in [2.45, 2.75) is 20.0 Å². The van der Waals surface area contributed by atoms with Crippen LogP contribution in [0.15, 0.2) is 30.3 Å². The Hall–Kier alpha value is -1.15. The Labute approximate surface area is 84.9 Å². The molecule has 0 bridgehead atoms. The van der Waals surface area contributed by atoms with Gasteiger partial charge in [-0.25, -0.2) is 0 Å². The van der Waals surface area contributed by atoms with Crippen LogP contribution < -0.4 is 0 Å². The lowest BCUT2D eigenvalue weighted by atomic mass is 10.1. The molecular weight excluding hydrogens is 176 g/mol. The van der Waals surface area contributed by atoms with Crippen LogP contribution >= 0.6 is 0 Å². The zero-order valence-corrected chi connectivity index (χ0v) is 8.48. The van der Waals surface area contributed by atoms with Crippen molar-refractivity contribution < 1.29 is 9.53 Å². The van der Waals surface area contributed by atoms with E-state index in [1.807, 2.05) is 37.3 Å². The third kappa shape index (κ3) is 3.71. The zero-order valence-electron chi connectivity index (χ0n) is 8.48. The van der Waals surface area contributed by atoms with Gasteiger partial charge in [0.05, 0.1) is 13.2 Å². The maximum atomic E-state index is 10.5. The van der Waals surface area contributed by atoms with Crippen molar-refractivity contribution >= 4 is 6.29 Å². The third-order valence-corrected chi connectivity index (χ3v) is 2.16. The van der Waals surface area contributed by atoms with Crippen LogP contribution in [0.4, 0.5) is 0 Å². The molecule has 76 valence electrons. The molecule has 0 radical (unpaired) electrons. The minimum Gasteiger partial charge on any atom is -0.376 e. The van der Waals surface area contributed by atoms with Gasteiger partial charge in [0.2, 0.25) is 0 Å². The highest BCUT2D eigenvalue weighted by atomic mass is 16.5. The van der Waals surface area contributed by atoms with Gasteiger partial charge in [-0.3, -0.25) is 0 Å². The van der Waals surface area contributed by atoms with E-state index >= 15 is 0 Å². The summed E-state index contributed by atoms with van der Waals surface area (Å²) in [5.41, 5.74) is 1.15. The summed E-state index contributed by atoms with van der Waals surface area (Å²) in [6.45, 7) is 3.10. The van der Waals surface area contributed by atoms with Crippen molar-refractivity contribution in [1.29, 1.82) is 0 Å². The third-order valence-electron chi connectivity index (χ3n) is 2.16. The molecule has 1 rings (SSSR count). The fraction of sp³-hybridized carbons (Fsp3) is 0.417. The Bertz CT molecular complexity index is 256. The molecule has 0 N–H and O–H groups in total. The van der Waals surface area contributed by atoms with E-state index in [-0.39, 0.29) is 5.92 Å². The quantitative estimate of drug-likeness (QED) is 0.647. The van der Waals surface area contributed by atoms with Gasteiger partial charge in [0.25, 0.3) is 0 Å². The summed E-state index contributed by atoms with van der Waals surface area (Å²) in [6.07, 6.45) is 1.81. The van der Waals surface area contributed by atoms with E-state index in [1.54, 1.807) is 0 Å². The Kier molecular flexibility index (Phi) is 4.94. The number of rotatable bonds is 6. The number of benzene rings is 1. The number of hydrogen-bond donors (Lipinski definition) is 0. The molecule has 1 unspecified atom stereocenters. The summed E-state index contributed by atoms with van der Waals surface area (Å²) in [5.74, 6) is 0.0405. The van der Waals surface area contributed by atoms with Crippen LogP contribution in [0.5, 0.6) is 0 Å². The van der Waals surface area contributed by atoms with Crippen LogP contribution in [0.25, 0.3) is 0 Å². The van der Waals surface area contributed by atoms with Crippen molar-refractivity contribution in [1.82, 2.24) is 0 Å². The first-order valence-electron chi connectivity index (χ1n) is 4.93.